The van der Waals surface area contributed by atoms with Crippen LogP contribution in [0.15, 0.2) is 164 Å². The molecule has 47 heavy (non-hydrogen) atoms. The minimum absolute atomic E-state index is 0.153. The highest BCUT2D eigenvalue weighted by atomic mass is 14.6. The van der Waals surface area contributed by atoms with Crippen LogP contribution in [0.5, 0.6) is 0 Å². The Morgan fingerprint density at radius 2 is 1.04 bits per heavy atom. The van der Waals surface area contributed by atoms with Gasteiger partial charge in [-0.05, 0) is 86.9 Å². The van der Waals surface area contributed by atoms with Crippen molar-refractivity contribution in [3.8, 4) is 44.5 Å². The molecule has 0 amide bonds. The van der Waals surface area contributed by atoms with Crippen molar-refractivity contribution in [3.05, 3.63) is 181 Å². The van der Waals surface area contributed by atoms with Gasteiger partial charge in [0.2, 0.25) is 0 Å². The Kier molecular flexibility index (Phi) is 8.97. The number of nitrogens with two attached hydrogens (primary N) is 1. The van der Waals surface area contributed by atoms with Gasteiger partial charge in [-0.2, -0.15) is 0 Å². The second-order valence-electron chi connectivity index (χ2n) is 12.6. The van der Waals surface area contributed by atoms with E-state index in [4.69, 9.17) is 5.73 Å². The fourth-order valence-electron chi connectivity index (χ4n) is 7.05. The summed E-state index contributed by atoms with van der Waals surface area (Å²) in [5, 5.41) is 0. The molecule has 0 spiro atoms. The number of rotatable bonds is 8. The van der Waals surface area contributed by atoms with Gasteiger partial charge in [-0.15, -0.1) is 0 Å². The molecular formula is C46H41N. The van der Waals surface area contributed by atoms with Gasteiger partial charge in [0.05, 0.1) is 0 Å². The lowest BCUT2D eigenvalue weighted by Gasteiger charge is -2.19. The molecule has 0 saturated carbocycles. The Bertz CT molecular complexity index is 2060. The Morgan fingerprint density at radius 3 is 1.66 bits per heavy atom. The van der Waals surface area contributed by atoms with Crippen LogP contribution in [0.4, 0.5) is 0 Å². The summed E-state index contributed by atoms with van der Waals surface area (Å²) >= 11 is 0. The molecule has 0 bridgehead atoms. The predicted molar refractivity (Wildman–Crippen MR) is 202 cm³/mol. The topological polar surface area (TPSA) is 26.0 Å². The molecule has 0 radical (unpaired) electrons. The first-order chi connectivity index (χ1) is 23.2. The molecule has 0 aromatic heterocycles. The standard InChI is InChI=1S/C46H41N/c1-33(31-46(47)45-30-15-10-24-39(45)35-19-6-3-7-20-35)36-21-16-22-37(32-36)40-25-9-12-27-42(40)44-29-14-13-28-43(44)41-26-11-8-23-38(41)34-17-4-2-5-18-34/h2,4-5,8-19,21-33H,3,6-7,20,47H2,1H3/b46-31-. The van der Waals surface area contributed by atoms with Gasteiger partial charge in [-0.25, -0.2) is 0 Å². The lowest BCUT2D eigenvalue weighted by atomic mass is 9.86. The van der Waals surface area contributed by atoms with E-state index in [2.05, 4.69) is 171 Å². The molecule has 2 N–H and O–H groups in total. The van der Waals surface area contributed by atoms with E-state index in [1.807, 2.05) is 0 Å². The van der Waals surface area contributed by atoms with Crippen molar-refractivity contribution in [1.82, 2.24) is 0 Å². The molecule has 1 aliphatic carbocycles. The first-order valence-corrected chi connectivity index (χ1v) is 16.9. The van der Waals surface area contributed by atoms with E-state index in [1.165, 1.54) is 74.0 Å². The van der Waals surface area contributed by atoms with Crippen molar-refractivity contribution in [2.24, 2.45) is 5.73 Å². The SMILES string of the molecule is CC(/C=C(\N)c1ccccc1C1=CCCCC1)c1cccc(-c2ccccc2-c2ccccc2-c2ccccc2-c2ccccc2)c1. The fraction of sp³-hybridized carbons (Fsp3) is 0.130. The van der Waals surface area contributed by atoms with Crippen LogP contribution < -0.4 is 5.73 Å². The monoisotopic (exact) mass is 607 g/mol. The van der Waals surface area contributed by atoms with Crippen molar-refractivity contribution in [2.45, 2.75) is 38.5 Å². The van der Waals surface area contributed by atoms with Crippen LogP contribution in [0, 0.1) is 0 Å². The maximum Gasteiger partial charge on any atom is 0.0359 e. The third-order valence-electron chi connectivity index (χ3n) is 9.47. The number of benzene rings is 6. The molecule has 6 aromatic rings. The Balaban J connectivity index is 1.25. The molecule has 0 heterocycles. The number of allylic oxidation sites excluding steroid dienone is 3. The number of hydrogen-bond donors (Lipinski definition) is 1. The molecule has 7 rings (SSSR count). The first kappa shape index (κ1) is 30.3. The van der Waals surface area contributed by atoms with Crippen molar-refractivity contribution in [3.63, 3.8) is 0 Å². The smallest absolute Gasteiger partial charge is 0.0359 e. The lowest BCUT2D eigenvalue weighted by Crippen LogP contribution is -2.04. The summed E-state index contributed by atoms with van der Waals surface area (Å²) in [4.78, 5) is 0. The molecule has 0 aliphatic heterocycles. The molecule has 230 valence electrons. The van der Waals surface area contributed by atoms with Crippen LogP contribution in [0.3, 0.4) is 0 Å². The van der Waals surface area contributed by atoms with E-state index in [1.54, 1.807) is 0 Å². The van der Waals surface area contributed by atoms with Gasteiger partial charge in [-0.1, -0.05) is 171 Å². The van der Waals surface area contributed by atoms with E-state index in [0.29, 0.717) is 0 Å². The zero-order valence-corrected chi connectivity index (χ0v) is 27.1. The maximum atomic E-state index is 6.85. The zero-order valence-electron chi connectivity index (χ0n) is 27.1. The van der Waals surface area contributed by atoms with Crippen molar-refractivity contribution < 1.29 is 0 Å². The molecule has 6 aromatic carbocycles. The third-order valence-corrected chi connectivity index (χ3v) is 9.47. The van der Waals surface area contributed by atoms with Crippen LogP contribution >= 0.6 is 0 Å². The average Bonchev–Trinajstić information content (AvgIpc) is 3.15. The van der Waals surface area contributed by atoms with Gasteiger partial charge in [0.15, 0.2) is 0 Å². The lowest BCUT2D eigenvalue weighted by molar-refractivity contribution is 0.742. The summed E-state index contributed by atoms with van der Waals surface area (Å²) in [5.41, 5.74) is 22.6. The average molecular weight is 608 g/mol. The summed E-state index contributed by atoms with van der Waals surface area (Å²) < 4.78 is 0. The molecule has 1 aliphatic rings. The van der Waals surface area contributed by atoms with Gasteiger partial charge >= 0.3 is 0 Å². The Hall–Kier alpha value is -5.40. The van der Waals surface area contributed by atoms with Crippen LogP contribution in [0.2, 0.25) is 0 Å². The highest BCUT2D eigenvalue weighted by molar-refractivity contribution is 5.95. The van der Waals surface area contributed by atoms with Crippen LogP contribution in [0.1, 0.15) is 55.2 Å². The predicted octanol–water partition coefficient (Wildman–Crippen LogP) is 12.4. The van der Waals surface area contributed by atoms with Crippen molar-refractivity contribution in [1.29, 1.82) is 0 Å². The molecule has 0 fully saturated rings. The Morgan fingerprint density at radius 1 is 0.532 bits per heavy atom. The molecule has 1 unspecified atom stereocenters. The molecular weight excluding hydrogens is 567 g/mol. The van der Waals surface area contributed by atoms with E-state index in [9.17, 15) is 0 Å². The Labute approximate surface area is 279 Å². The third kappa shape index (κ3) is 6.48. The van der Waals surface area contributed by atoms with E-state index in [-0.39, 0.29) is 5.92 Å². The van der Waals surface area contributed by atoms with Crippen molar-refractivity contribution in [2.75, 3.05) is 0 Å². The molecule has 1 nitrogen and oxygen atoms in total. The second kappa shape index (κ2) is 13.9. The van der Waals surface area contributed by atoms with E-state index < -0.39 is 0 Å². The van der Waals surface area contributed by atoms with Gasteiger partial charge in [-0.3, -0.25) is 0 Å². The van der Waals surface area contributed by atoms with Crippen molar-refractivity contribution >= 4 is 11.3 Å². The highest BCUT2D eigenvalue weighted by Crippen LogP contribution is 2.42. The highest BCUT2D eigenvalue weighted by Gasteiger charge is 2.17. The van der Waals surface area contributed by atoms with Crippen LogP contribution in [0.25, 0.3) is 55.8 Å². The first-order valence-electron chi connectivity index (χ1n) is 16.9. The normalized spacial score (nSPS) is 14.0. The largest absolute Gasteiger partial charge is 0.398 e. The van der Waals surface area contributed by atoms with Crippen LogP contribution in [-0.2, 0) is 0 Å². The zero-order chi connectivity index (χ0) is 32.0. The fourth-order valence-corrected chi connectivity index (χ4v) is 7.05. The summed E-state index contributed by atoms with van der Waals surface area (Å²) in [5.74, 6) is 0.153. The minimum atomic E-state index is 0.153. The quantitative estimate of drug-likeness (QED) is 0.183. The summed E-state index contributed by atoms with van der Waals surface area (Å²) in [6.45, 7) is 2.25. The maximum absolute atomic E-state index is 6.85. The summed E-state index contributed by atoms with van der Waals surface area (Å²) in [6, 6.07) is 54.6. The summed E-state index contributed by atoms with van der Waals surface area (Å²) in [7, 11) is 0. The van der Waals surface area contributed by atoms with E-state index >= 15 is 0 Å². The molecule has 1 atom stereocenters. The van der Waals surface area contributed by atoms with E-state index in [0.717, 1.165) is 24.1 Å². The molecule has 1 heteroatoms. The van der Waals surface area contributed by atoms with Gasteiger partial charge in [0.1, 0.15) is 0 Å². The minimum Gasteiger partial charge on any atom is -0.398 e. The second-order valence-corrected chi connectivity index (χ2v) is 12.6. The molecule has 0 saturated heterocycles. The summed E-state index contributed by atoms with van der Waals surface area (Å²) in [6.07, 6.45) is 9.43. The van der Waals surface area contributed by atoms with Crippen LogP contribution in [-0.4, -0.2) is 0 Å². The van der Waals surface area contributed by atoms with Gasteiger partial charge in [0, 0.05) is 17.2 Å². The van der Waals surface area contributed by atoms with Gasteiger partial charge in [0.25, 0.3) is 0 Å². The van der Waals surface area contributed by atoms with Gasteiger partial charge < -0.3 is 5.73 Å². The number of hydrogen-bond acceptors (Lipinski definition) is 1.